The van der Waals surface area contributed by atoms with Gasteiger partial charge in [-0.15, -0.1) is 0 Å². The molecule has 0 aromatic heterocycles. The molecule has 2 N–H and O–H groups in total. The lowest BCUT2D eigenvalue weighted by Gasteiger charge is -2.15. The Morgan fingerprint density at radius 2 is 1.87 bits per heavy atom. The topological polar surface area (TPSA) is 59.6 Å². The lowest BCUT2D eigenvalue weighted by Crippen LogP contribution is -2.33. The molecule has 1 aliphatic heterocycles. The zero-order valence-electron chi connectivity index (χ0n) is 13.6. The summed E-state index contributed by atoms with van der Waals surface area (Å²) in [5.41, 5.74) is 1.03. The summed E-state index contributed by atoms with van der Waals surface area (Å²) in [4.78, 5) is 12.0. The predicted molar refractivity (Wildman–Crippen MR) is 88.5 cm³/mol. The van der Waals surface area contributed by atoms with Crippen molar-refractivity contribution < 1.29 is 14.3 Å². The zero-order valence-corrected chi connectivity index (χ0v) is 13.6. The van der Waals surface area contributed by atoms with E-state index in [2.05, 4.69) is 10.6 Å². The fourth-order valence-electron chi connectivity index (χ4n) is 3.21. The second kappa shape index (κ2) is 8.20. The number of ether oxygens (including phenoxy) is 2. The molecule has 2 aliphatic rings. The molecule has 1 fully saturated rings. The summed E-state index contributed by atoms with van der Waals surface area (Å²) in [5, 5.41) is 6.49. The van der Waals surface area contributed by atoms with E-state index in [-0.39, 0.29) is 12.7 Å². The first kappa shape index (κ1) is 16.1. The van der Waals surface area contributed by atoms with Crippen LogP contribution in [0.25, 0.3) is 0 Å². The zero-order chi connectivity index (χ0) is 15.9. The molecule has 0 spiro atoms. The van der Waals surface area contributed by atoms with Crippen molar-refractivity contribution in [3.63, 3.8) is 0 Å². The number of nitrogens with one attached hydrogen (secondary N) is 2. The first-order valence-corrected chi connectivity index (χ1v) is 8.70. The highest BCUT2D eigenvalue weighted by Gasteiger charge is 2.14. The van der Waals surface area contributed by atoms with E-state index < -0.39 is 0 Å². The summed E-state index contributed by atoms with van der Waals surface area (Å²) in [5.74, 6) is 1.61. The van der Waals surface area contributed by atoms with Crippen molar-refractivity contribution in [3.05, 3.63) is 23.8 Å². The van der Waals surface area contributed by atoms with E-state index >= 15 is 0 Å². The molecule has 126 valence electrons. The number of fused-ring (bicyclic) bond motifs is 1. The van der Waals surface area contributed by atoms with Gasteiger partial charge in [0.25, 0.3) is 0 Å². The monoisotopic (exact) mass is 318 g/mol. The maximum absolute atomic E-state index is 12.0. The van der Waals surface area contributed by atoms with Crippen LogP contribution in [-0.4, -0.2) is 25.3 Å². The molecule has 0 bridgehead atoms. The van der Waals surface area contributed by atoms with Crippen molar-refractivity contribution in [3.8, 4) is 11.5 Å². The van der Waals surface area contributed by atoms with Crippen LogP contribution in [0.1, 0.15) is 50.5 Å². The average molecular weight is 318 g/mol. The smallest absolute Gasteiger partial charge is 0.231 e. The number of rotatable bonds is 6. The largest absolute Gasteiger partial charge is 0.454 e. The Kier molecular flexibility index (Phi) is 5.75. The van der Waals surface area contributed by atoms with Gasteiger partial charge in [0, 0.05) is 25.6 Å². The van der Waals surface area contributed by atoms with E-state index in [0.29, 0.717) is 19.0 Å². The van der Waals surface area contributed by atoms with Crippen molar-refractivity contribution in [2.45, 2.75) is 57.5 Å². The third kappa shape index (κ3) is 4.86. The van der Waals surface area contributed by atoms with E-state index in [0.717, 1.165) is 23.6 Å². The first-order chi connectivity index (χ1) is 11.3. The summed E-state index contributed by atoms with van der Waals surface area (Å²) >= 11 is 0. The van der Waals surface area contributed by atoms with Crippen LogP contribution >= 0.6 is 0 Å². The Bertz CT molecular complexity index is 525. The molecule has 1 aromatic rings. The molecule has 5 heteroatoms. The lowest BCUT2D eigenvalue weighted by atomic mass is 10.1. The van der Waals surface area contributed by atoms with Gasteiger partial charge in [-0.2, -0.15) is 0 Å². The molecular formula is C18H26N2O3. The summed E-state index contributed by atoms with van der Waals surface area (Å²) < 4.78 is 10.6. The summed E-state index contributed by atoms with van der Waals surface area (Å²) in [7, 11) is 0. The van der Waals surface area contributed by atoms with Crippen LogP contribution in [0.2, 0.25) is 0 Å². The third-order valence-electron chi connectivity index (χ3n) is 4.57. The summed E-state index contributed by atoms with van der Waals surface area (Å²) in [6, 6.07) is 6.36. The molecule has 1 saturated carbocycles. The Labute approximate surface area is 137 Å². The lowest BCUT2D eigenvalue weighted by molar-refractivity contribution is -0.121. The molecule has 0 atom stereocenters. The molecule has 0 unspecified atom stereocenters. The van der Waals surface area contributed by atoms with Gasteiger partial charge in [-0.3, -0.25) is 4.79 Å². The maximum atomic E-state index is 12.0. The van der Waals surface area contributed by atoms with Gasteiger partial charge in [0.2, 0.25) is 12.7 Å². The fraction of sp³-hybridized carbons (Fsp3) is 0.611. The van der Waals surface area contributed by atoms with Crippen LogP contribution < -0.4 is 20.1 Å². The number of amides is 1. The van der Waals surface area contributed by atoms with Crippen molar-refractivity contribution in [2.75, 3.05) is 13.3 Å². The van der Waals surface area contributed by atoms with E-state index in [1.165, 1.54) is 38.5 Å². The van der Waals surface area contributed by atoms with E-state index in [9.17, 15) is 4.79 Å². The quantitative estimate of drug-likeness (QED) is 0.792. The average Bonchev–Trinajstić information content (AvgIpc) is 2.88. The number of hydrogen-bond donors (Lipinski definition) is 2. The highest BCUT2D eigenvalue weighted by Crippen LogP contribution is 2.32. The Hall–Kier alpha value is -1.75. The van der Waals surface area contributed by atoms with Gasteiger partial charge in [0.05, 0.1) is 0 Å². The molecule has 1 heterocycles. The van der Waals surface area contributed by atoms with Crippen molar-refractivity contribution >= 4 is 5.91 Å². The molecular weight excluding hydrogens is 292 g/mol. The molecule has 0 saturated heterocycles. The van der Waals surface area contributed by atoms with E-state index in [1.807, 2.05) is 18.2 Å². The summed E-state index contributed by atoms with van der Waals surface area (Å²) in [6.07, 6.45) is 8.36. The number of benzene rings is 1. The maximum Gasteiger partial charge on any atom is 0.231 e. The van der Waals surface area contributed by atoms with Crippen LogP contribution in [0.5, 0.6) is 11.5 Å². The van der Waals surface area contributed by atoms with Crippen LogP contribution in [0.3, 0.4) is 0 Å². The predicted octanol–water partition coefficient (Wildman–Crippen LogP) is 2.73. The van der Waals surface area contributed by atoms with Crippen molar-refractivity contribution in [1.82, 2.24) is 10.6 Å². The van der Waals surface area contributed by atoms with Gasteiger partial charge >= 0.3 is 0 Å². The van der Waals surface area contributed by atoms with Gasteiger partial charge in [-0.05, 0) is 30.5 Å². The van der Waals surface area contributed by atoms with Crippen LogP contribution in [0.15, 0.2) is 18.2 Å². The highest BCUT2D eigenvalue weighted by molar-refractivity contribution is 5.76. The van der Waals surface area contributed by atoms with Crippen molar-refractivity contribution in [2.24, 2.45) is 0 Å². The molecule has 3 rings (SSSR count). The molecule has 1 amide bonds. The first-order valence-electron chi connectivity index (χ1n) is 8.70. The van der Waals surface area contributed by atoms with Gasteiger partial charge < -0.3 is 20.1 Å². The molecule has 1 aliphatic carbocycles. The van der Waals surface area contributed by atoms with Crippen molar-refractivity contribution in [1.29, 1.82) is 0 Å². The second-order valence-electron chi connectivity index (χ2n) is 6.36. The minimum absolute atomic E-state index is 0.0868. The van der Waals surface area contributed by atoms with E-state index in [1.54, 1.807) is 0 Å². The number of hydrogen-bond acceptors (Lipinski definition) is 4. The van der Waals surface area contributed by atoms with Gasteiger partial charge in [0.15, 0.2) is 11.5 Å². The highest BCUT2D eigenvalue weighted by atomic mass is 16.7. The fourth-order valence-corrected chi connectivity index (χ4v) is 3.21. The standard InChI is InChI=1S/C18H26N2O3/c21-18(9-10-19-15-5-3-1-2-4-6-15)20-12-14-7-8-16-17(11-14)23-13-22-16/h7-8,11,15,19H,1-6,9-10,12-13H2,(H,20,21). The molecule has 0 radical (unpaired) electrons. The second-order valence-corrected chi connectivity index (χ2v) is 6.36. The SMILES string of the molecule is O=C(CCNC1CCCCCC1)NCc1ccc2c(c1)OCO2. The Morgan fingerprint density at radius 1 is 1.09 bits per heavy atom. The normalized spacial score (nSPS) is 17.7. The van der Waals surface area contributed by atoms with Gasteiger partial charge in [-0.1, -0.05) is 31.7 Å². The van der Waals surface area contributed by atoms with Gasteiger partial charge in [0.1, 0.15) is 0 Å². The number of carbonyl (C=O) groups is 1. The third-order valence-corrected chi connectivity index (χ3v) is 4.57. The minimum Gasteiger partial charge on any atom is -0.454 e. The number of carbonyl (C=O) groups excluding carboxylic acids is 1. The molecule has 23 heavy (non-hydrogen) atoms. The van der Waals surface area contributed by atoms with Crippen LogP contribution in [0.4, 0.5) is 0 Å². The van der Waals surface area contributed by atoms with Crippen LogP contribution in [0, 0.1) is 0 Å². The van der Waals surface area contributed by atoms with Gasteiger partial charge in [-0.25, -0.2) is 0 Å². The van der Waals surface area contributed by atoms with E-state index in [4.69, 9.17) is 9.47 Å². The van der Waals surface area contributed by atoms with Crippen LogP contribution in [-0.2, 0) is 11.3 Å². The summed E-state index contributed by atoms with van der Waals surface area (Å²) in [6.45, 7) is 1.56. The minimum atomic E-state index is 0.0868. The molecule has 5 nitrogen and oxygen atoms in total. The molecule has 1 aromatic carbocycles. The Morgan fingerprint density at radius 3 is 2.70 bits per heavy atom. The Balaban J connectivity index is 1.34.